The lowest BCUT2D eigenvalue weighted by Gasteiger charge is -2.24. The molecule has 1 heterocycles. The van der Waals surface area contributed by atoms with Crippen LogP contribution < -0.4 is 15.8 Å². The van der Waals surface area contributed by atoms with Crippen LogP contribution in [0, 0.1) is 0 Å². The van der Waals surface area contributed by atoms with E-state index < -0.39 is 0 Å². The third-order valence-electron chi connectivity index (χ3n) is 3.06. The molecule has 0 unspecified atom stereocenters. The zero-order valence-electron chi connectivity index (χ0n) is 10.7. The topological polar surface area (TPSA) is 44.4 Å². The molecule has 0 bridgehead atoms. The zero-order valence-corrected chi connectivity index (χ0v) is 12.3. The molecule has 0 spiro atoms. The number of amides is 2. The summed E-state index contributed by atoms with van der Waals surface area (Å²) in [6.07, 6.45) is 3.12. The SMILES string of the molecule is CCCC[C@@]1(C)NC(=O)N(c2ccc(Br)cc2)N1. The average molecular weight is 312 g/mol. The van der Waals surface area contributed by atoms with Gasteiger partial charge in [-0.3, -0.25) is 0 Å². The highest BCUT2D eigenvalue weighted by molar-refractivity contribution is 9.10. The van der Waals surface area contributed by atoms with Gasteiger partial charge in [0, 0.05) is 4.47 Å². The predicted molar refractivity (Wildman–Crippen MR) is 76.2 cm³/mol. The minimum atomic E-state index is -0.347. The van der Waals surface area contributed by atoms with E-state index in [9.17, 15) is 4.79 Å². The minimum absolute atomic E-state index is 0.101. The van der Waals surface area contributed by atoms with E-state index in [0.29, 0.717) is 0 Å². The molecule has 5 heteroatoms. The van der Waals surface area contributed by atoms with Crippen LogP contribution in [0.5, 0.6) is 0 Å². The first-order valence-electron chi connectivity index (χ1n) is 6.20. The highest BCUT2D eigenvalue weighted by atomic mass is 79.9. The fraction of sp³-hybridized carbons (Fsp3) is 0.462. The molecule has 98 valence electrons. The summed E-state index contributed by atoms with van der Waals surface area (Å²) in [6.45, 7) is 4.16. The molecule has 1 aromatic carbocycles. The summed E-state index contributed by atoms with van der Waals surface area (Å²) in [5.41, 5.74) is 3.74. The Morgan fingerprint density at radius 1 is 1.33 bits per heavy atom. The molecule has 1 aromatic rings. The second kappa shape index (κ2) is 5.28. The smallest absolute Gasteiger partial charge is 0.317 e. The summed E-state index contributed by atoms with van der Waals surface area (Å²) in [5.74, 6) is 0. The Balaban J connectivity index is 2.11. The quantitative estimate of drug-likeness (QED) is 0.895. The zero-order chi connectivity index (χ0) is 13.2. The second-order valence-corrected chi connectivity index (χ2v) is 5.71. The molecule has 1 atom stereocenters. The third-order valence-corrected chi connectivity index (χ3v) is 3.59. The number of carbonyl (C=O) groups excluding carboxylic acids is 1. The summed E-state index contributed by atoms with van der Waals surface area (Å²) in [4.78, 5) is 12.0. The minimum Gasteiger partial charge on any atom is -0.317 e. The van der Waals surface area contributed by atoms with E-state index in [-0.39, 0.29) is 11.7 Å². The first kappa shape index (κ1) is 13.4. The van der Waals surface area contributed by atoms with Crippen molar-refractivity contribution in [1.82, 2.24) is 10.7 Å². The molecular formula is C13H18BrN3O. The van der Waals surface area contributed by atoms with E-state index in [2.05, 4.69) is 33.6 Å². The van der Waals surface area contributed by atoms with Crippen LogP contribution in [0.1, 0.15) is 33.1 Å². The van der Waals surface area contributed by atoms with Crippen molar-refractivity contribution < 1.29 is 4.79 Å². The van der Waals surface area contributed by atoms with Crippen LogP contribution in [0.4, 0.5) is 10.5 Å². The maximum absolute atomic E-state index is 12.0. The van der Waals surface area contributed by atoms with E-state index >= 15 is 0 Å². The first-order chi connectivity index (χ1) is 8.54. The van der Waals surface area contributed by atoms with Crippen molar-refractivity contribution in [2.24, 2.45) is 0 Å². The van der Waals surface area contributed by atoms with E-state index in [0.717, 1.165) is 29.4 Å². The number of carbonyl (C=O) groups is 1. The Hall–Kier alpha value is -1.07. The molecule has 2 rings (SSSR count). The van der Waals surface area contributed by atoms with Gasteiger partial charge in [0.05, 0.1) is 5.69 Å². The monoisotopic (exact) mass is 311 g/mol. The Morgan fingerprint density at radius 2 is 2.00 bits per heavy atom. The lowest BCUT2D eigenvalue weighted by molar-refractivity contribution is 0.246. The molecule has 1 aliphatic heterocycles. The fourth-order valence-electron chi connectivity index (χ4n) is 2.04. The highest BCUT2D eigenvalue weighted by Crippen LogP contribution is 2.23. The summed E-state index contributed by atoms with van der Waals surface area (Å²) in [6, 6.07) is 7.55. The summed E-state index contributed by atoms with van der Waals surface area (Å²) < 4.78 is 1.000. The van der Waals surface area contributed by atoms with Gasteiger partial charge in [0.15, 0.2) is 0 Å². The van der Waals surface area contributed by atoms with Crippen LogP contribution in [-0.2, 0) is 0 Å². The van der Waals surface area contributed by atoms with Crippen LogP contribution in [0.3, 0.4) is 0 Å². The molecule has 4 nitrogen and oxygen atoms in total. The standard InChI is InChI=1S/C13H18BrN3O/c1-3-4-9-13(2)15-12(18)17(16-13)11-7-5-10(14)6-8-11/h5-8,16H,3-4,9H2,1-2H3,(H,15,18)/t13-/m0/s1. The maximum atomic E-state index is 12.0. The van der Waals surface area contributed by atoms with Crippen LogP contribution in [-0.4, -0.2) is 11.7 Å². The molecule has 2 amide bonds. The van der Waals surface area contributed by atoms with Crippen molar-refractivity contribution in [2.45, 2.75) is 38.8 Å². The molecule has 2 N–H and O–H groups in total. The number of halogens is 1. The molecule has 1 saturated heterocycles. The van der Waals surface area contributed by atoms with Gasteiger partial charge < -0.3 is 5.32 Å². The van der Waals surface area contributed by atoms with E-state index in [1.807, 2.05) is 31.2 Å². The van der Waals surface area contributed by atoms with Crippen LogP contribution in [0.15, 0.2) is 28.7 Å². The highest BCUT2D eigenvalue weighted by Gasteiger charge is 2.38. The van der Waals surface area contributed by atoms with Gasteiger partial charge in [0.2, 0.25) is 0 Å². The van der Waals surface area contributed by atoms with Gasteiger partial charge in [-0.05, 0) is 44.0 Å². The van der Waals surface area contributed by atoms with Gasteiger partial charge >= 0.3 is 6.03 Å². The Bertz CT molecular complexity index is 434. The Morgan fingerprint density at radius 3 is 2.61 bits per heavy atom. The maximum Gasteiger partial charge on any atom is 0.338 e. The Labute approximate surface area is 116 Å². The molecular weight excluding hydrogens is 294 g/mol. The lowest BCUT2D eigenvalue weighted by Crippen LogP contribution is -2.48. The summed E-state index contributed by atoms with van der Waals surface area (Å²) in [5, 5.41) is 4.56. The number of hydrazine groups is 1. The van der Waals surface area contributed by atoms with Crippen molar-refractivity contribution >= 4 is 27.6 Å². The van der Waals surface area contributed by atoms with E-state index in [4.69, 9.17) is 0 Å². The number of urea groups is 1. The third kappa shape index (κ3) is 2.84. The number of benzene rings is 1. The van der Waals surface area contributed by atoms with Crippen molar-refractivity contribution in [2.75, 3.05) is 5.01 Å². The summed E-state index contributed by atoms with van der Waals surface area (Å²) in [7, 11) is 0. The molecule has 1 fully saturated rings. The Kier molecular flexibility index (Phi) is 3.92. The van der Waals surface area contributed by atoms with E-state index in [1.54, 1.807) is 5.01 Å². The van der Waals surface area contributed by atoms with Gasteiger partial charge in [-0.25, -0.2) is 15.2 Å². The fourth-order valence-corrected chi connectivity index (χ4v) is 2.30. The predicted octanol–water partition coefficient (Wildman–Crippen LogP) is 3.39. The lowest BCUT2D eigenvalue weighted by atomic mass is 10.1. The molecule has 1 aliphatic rings. The number of hydrogen-bond donors (Lipinski definition) is 2. The number of nitrogens with one attached hydrogen (secondary N) is 2. The van der Waals surface area contributed by atoms with Crippen molar-refractivity contribution in [3.8, 4) is 0 Å². The van der Waals surface area contributed by atoms with Gasteiger partial charge in [0.25, 0.3) is 0 Å². The second-order valence-electron chi connectivity index (χ2n) is 4.79. The number of rotatable bonds is 4. The van der Waals surface area contributed by atoms with Crippen molar-refractivity contribution in [3.63, 3.8) is 0 Å². The molecule has 18 heavy (non-hydrogen) atoms. The molecule has 0 saturated carbocycles. The van der Waals surface area contributed by atoms with Crippen LogP contribution in [0.25, 0.3) is 0 Å². The van der Waals surface area contributed by atoms with Crippen LogP contribution in [0.2, 0.25) is 0 Å². The van der Waals surface area contributed by atoms with Gasteiger partial charge in [-0.2, -0.15) is 0 Å². The number of unbranched alkanes of at least 4 members (excludes halogenated alkanes) is 1. The van der Waals surface area contributed by atoms with Gasteiger partial charge in [-0.15, -0.1) is 0 Å². The molecule has 0 aliphatic carbocycles. The average Bonchev–Trinajstić information content (AvgIpc) is 2.64. The number of nitrogens with zero attached hydrogens (tertiary/aromatic N) is 1. The molecule has 0 aromatic heterocycles. The van der Waals surface area contributed by atoms with Crippen molar-refractivity contribution in [1.29, 1.82) is 0 Å². The summed E-state index contributed by atoms with van der Waals surface area (Å²) >= 11 is 3.39. The normalized spacial score (nSPS) is 23.3. The van der Waals surface area contributed by atoms with Crippen molar-refractivity contribution in [3.05, 3.63) is 28.7 Å². The largest absolute Gasteiger partial charge is 0.338 e. The number of hydrogen-bond acceptors (Lipinski definition) is 2. The van der Waals surface area contributed by atoms with Crippen LogP contribution >= 0.6 is 15.9 Å². The van der Waals surface area contributed by atoms with Gasteiger partial charge in [-0.1, -0.05) is 29.3 Å². The van der Waals surface area contributed by atoms with E-state index in [1.165, 1.54) is 0 Å². The first-order valence-corrected chi connectivity index (χ1v) is 6.99. The molecule has 0 radical (unpaired) electrons. The number of anilines is 1. The van der Waals surface area contributed by atoms with Gasteiger partial charge in [0.1, 0.15) is 5.66 Å².